The standard InChI is InChI=1S/C9H19BO2/c1-3-9(4-2)8-10-11-6-5-7-12-10/h9H,3-8H2,1-2H3. The van der Waals surface area contributed by atoms with Gasteiger partial charge in [-0.15, -0.1) is 0 Å². The van der Waals surface area contributed by atoms with E-state index in [1.165, 1.54) is 12.8 Å². The number of rotatable bonds is 4. The Morgan fingerprint density at radius 3 is 2.25 bits per heavy atom. The highest BCUT2D eigenvalue weighted by atomic mass is 16.6. The smallest absolute Gasteiger partial charge is 0.411 e. The van der Waals surface area contributed by atoms with Gasteiger partial charge in [-0.2, -0.15) is 0 Å². The monoisotopic (exact) mass is 170 g/mol. The average Bonchev–Trinajstić information content (AvgIpc) is 2.16. The van der Waals surface area contributed by atoms with Crippen LogP contribution in [-0.4, -0.2) is 20.3 Å². The van der Waals surface area contributed by atoms with Crippen molar-refractivity contribution in [3.8, 4) is 0 Å². The Hall–Kier alpha value is -0.0151. The second-order valence-corrected chi connectivity index (χ2v) is 3.44. The summed E-state index contributed by atoms with van der Waals surface area (Å²) in [5.74, 6) is 0.771. The van der Waals surface area contributed by atoms with Crippen LogP contribution in [0.3, 0.4) is 0 Å². The maximum atomic E-state index is 5.49. The van der Waals surface area contributed by atoms with Gasteiger partial charge in [-0.1, -0.05) is 26.7 Å². The summed E-state index contributed by atoms with van der Waals surface area (Å²) in [5.41, 5.74) is 0. The molecular formula is C9H19BO2. The molecular weight excluding hydrogens is 151 g/mol. The first kappa shape index (κ1) is 10.1. The highest BCUT2D eigenvalue weighted by molar-refractivity contribution is 6.44. The van der Waals surface area contributed by atoms with Crippen LogP contribution in [0.15, 0.2) is 0 Å². The van der Waals surface area contributed by atoms with Gasteiger partial charge in [0.25, 0.3) is 0 Å². The van der Waals surface area contributed by atoms with Crippen molar-refractivity contribution >= 4 is 7.12 Å². The zero-order valence-electron chi connectivity index (χ0n) is 8.21. The van der Waals surface area contributed by atoms with Crippen LogP contribution >= 0.6 is 0 Å². The van der Waals surface area contributed by atoms with Crippen LogP contribution in [0.4, 0.5) is 0 Å². The molecule has 0 aromatic carbocycles. The van der Waals surface area contributed by atoms with Crippen molar-refractivity contribution in [1.29, 1.82) is 0 Å². The van der Waals surface area contributed by atoms with E-state index in [2.05, 4.69) is 13.8 Å². The van der Waals surface area contributed by atoms with E-state index in [9.17, 15) is 0 Å². The van der Waals surface area contributed by atoms with E-state index in [0.717, 1.165) is 31.9 Å². The Morgan fingerprint density at radius 2 is 1.75 bits per heavy atom. The maximum Gasteiger partial charge on any atom is 0.457 e. The van der Waals surface area contributed by atoms with Crippen LogP contribution in [0, 0.1) is 5.92 Å². The summed E-state index contributed by atoms with van der Waals surface area (Å²) >= 11 is 0. The molecule has 1 saturated heterocycles. The van der Waals surface area contributed by atoms with Gasteiger partial charge < -0.3 is 9.31 Å². The Labute approximate surface area is 75.8 Å². The molecule has 0 aromatic heterocycles. The molecule has 0 aromatic rings. The van der Waals surface area contributed by atoms with Crippen LogP contribution in [0.5, 0.6) is 0 Å². The number of hydrogen-bond donors (Lipinski definition) is 0. The van der Waals surface area contributed by atoms with Crippen LogP contribution in [0.25, 0.3) is 0 Å². The molecule has 0 saturated carbocycles. The Kier molecular flexibility index (Phi) is 4.70. The molecule has 0 unspecified atom stereocenters. The van der Waals surface area contributed by atoms with Crippen LogP contribution in [0.2, 0.25) is 6.32 Å². The lowest BCUT2D eigenvalue weighted by molar-refractivity contribution is 0.130. The first-order chi connectivity index (χ1) is 5.86. The lowest BCUT2D eigenvalue weighted by atomic mass is 9.74. The van der Waals surface area contributed by atoms with Gasteiger partial charge in [-0.3, -0.25) is 0 Å². The fraction of sp³-hybridized carbons (Fsp3) is 1.00. The zero-order valence-corrected chi connectivity index (χ0v) is 8.21. The van der Waals surface area contributed by atoms with Crippen molar-refractivity contribution in [3.63, 3.8) is 0 Å². The van der Waals surface area contributed by atoms with Crippen molar-refractivity contribution in [2.24, 2.45) is 5.92 Å². The highest BCUT2D eigenvalue weighted by Crippen LogP contribution is 2.18. The molecule has 1 fully saturated rings. The lowest BCUT2D eigenvalue weighted by Gasteiger charge is -2.22. The maximum absolute atomic E-state index is 5.49. The predicted octanol–water partition coefficient (Wildman–Crippen LogP) is 2.35. The third-order valence-electron chi connectivity index (χ3n) is 2.58. The second-order valence-electron chi connectivity index (χ2n) is 3.44. The Morgan fingerprint density at radius 1 is 1.17 bits per heavy atom. The van der Waals surface area contributed by atoms with E-state index >= 15 is 0 Å². The molecule has 1 rings (SSSR count). The molecule has 1 aliphatic heterocycles. The van der Waals surface area contributed by atoms with Gasteiger partial charge >= 0.3 is 7.12 Å². The van der Waals surface area contributed by atoms with Gasteiger partial charge in [-0.05, 0) is 18.7 Å². The third-order valence-corrected chi connectivity index (χ3v) is 2.58. The summed E-state index contributed by atoms with van der Waals surface area (Å²) in [6.45, 7) is 6.23. The van der Waals surface area contributed by atoms with Gasteiger partial charge in [0.15, 0.2) is 0 Å². The lowest BCUT2D eigenvalue weighted by Crippen LogP contribution is -2.31. The van der Waals surface area contributed by atoms with E-state index in [4.69, 9.17) is 9.31 Å². The predicted molar refractivity (Wildman–Crippen MR) is 51.2 cm³/mol. The third kappa shape index (κ3) is 3.15. The molecule has 0 N–H and O–H groups in total. The molecule has 1 aliphatic rings. The summed E-state index contributed by atoms with van der Waals surface area (Å²) < 4.78 is 11.0. The summed E-state index contributed by atoms with van der Waals surface area (Å²) in [6.07, 6.45) is 4.60. The summed E-state index contributed by atoms with van der Waals surface area (Å²) in [6, 6.07) is 0. The van der Waals surface area contributed by atoms with E-state index in [1.807, 2.05) is 0 Å². The molecule has 0 amide bonds. The highest BCUT2D eigenvalue weighted by Gasteiger charge is 2.24. The van der Waals surface area contributed by atoms with Gasteiger partial charge in [0.1, 0.15) is 0 Å². The van der Waals surface area contributed by atoms with Crippen LogP contribution in [-0.2, 0) is 9.31 Å². The fourth-order valence-electron chi connectivity index (χ4n) is 1.57. The van der Waals surface area contributed by atoms with Crippen LogP contribution in [0.1, 0.15) is 33.1 Å². The minimum Gasteiger partial charge on any atom is -0.411 e. The zero-order chi connectivity index (χ0) is 8.81. The molecule has 70 valence electrons. The molecule has 0 radical (unpaired) electrons. The summed E-state index contributed by atoms with van der Waals surface area (Å²) in [7, 11) is 0.0867. The van der Waals surface area contributed by atoms with Gasteiger partial charge in [-0.25, -0.2) is 0 Å². The van der Waals surface area contributed by atoms with Crippen molar-refractivity contribution in [2.75, 3.05) is 13.2 Å². The molecule has 1 heterocycles. The number of hydrogen-bond acceptors (Lipinski definition) is 2. The van der Waals surface area contributed by atoms with Gasteiger partial charge in [0.05, 0.1) is 0 Å². The molecule has 0 atom stereocenters. The quantitative estimate of drug-likeness (QED) is 0.603. The SMILES string of the molecule is CCC(CC)CB1OCCCO1. The van der Waals surface area contributed by atoms with E-state index in [-0.39, 0.29) is 7.12 Å². The second kappa shape index (κ2) is 5.60. The molecule has 2 nitrogen and oxygen atoms in total. The van der Waals surface area contributed by atoms with E-state index in [0.29, 0.717) is 0 Å². The van der Waals surface area contributed by atoms with E-state index < -0.39 is 0 Å². The van der Waals surface area contributed by atoms with Crippen molar-refractivity contribution in [3.05, 3.63) is 0 Å². The van der Waals surface area contributed by atoms with Crippen molar-refractivity contribution < 1.29 is 9.31 Å². The summed E-state index contributed by atoms with van der Waals surface area (Å²) in [4.78, 5) is 0. The largest absolute Gasteiger partial charge is 0.457 e. The molecule has 0 aliphatic carbocycles. The first-order valence-electron chi connectivity index (χ1n) is 5.10. The fourth-order valence-corrected chi connectivity index (χ4v) is 1.57. The molecule has 0 bridgehead atoms. The average molecular weight is 170 g/mol. The first-order valence-corrected chi connectivity index (χ1v) is 5.10. The van der Waals surface area contributed by atoms with Gasteiger partial charge in [0.2, 0.25) is 0 Å². The Bertz CT molecular complexity index is 109. The normalized spacial score (nSPS) is 18.8. The minimum atomic E-state index is 0.0867. The van der Waals surface area contributed by atoms with E-state index in [1.54, 1.807) is 0 Å². The Balaban J connectivity index is 2.18. The minimum absolute atomic E-state index is 0.0867. The molecule has 3 heteroatoms. The molecule has 0 spiro atoms. The summed E-state index contributed by atoms with van der Waals surface area (Å²) in [5, 5.41) is 0. The van der Waals surface area contributed by atoms with Crippen molar-refractivity contribution in [2.45, 2.75) is 39.4 Å². The topological polar surface area (TPSA) is 18.5 Å². The van der Waals surface area contributed by atoms with Crippen molar-refractivity contribution in [1.82, 2.24) is 0 Å². The molecule has 12 heavy (non-hydrogen) atoms. The van der Waals surface area contributed by atoms with Gasteiger partial charge in [0, 0.05) is 13.2 Å². The van der Waals surface area contributed by atoms with Crippen LogP contribution < -0.4 is 0 Å².